The monoisotopic (exact) mass is 273 g/mol. The number of anilines is 1. The molecule has 5 nitrogen and oxygen atoms in total. The summed E-state index contributed by atoms with van der Waals surface area (Å²) in [5.74, 6) is -0.304. The Balaban J connectivity index is 1.61. The molecule has 20 heavy (non-hydrogen) atoms. The fraction of sp³-hybridized carbons (Fsp3) is 0.467. The van der Waals surface area contributed by atoms with Crippen LogP contribution >= 0.6 is 0 Å². The molecule has 1 aromatic rings. The van der Waals surface area contributed by atoms with Gasteiger partial charge in [0.15, 0.2) is 0 Å². The number of carbonyl (C=O) groups is 2. The maximum absolute atomic E-state index is 12.1. The van der Waals surface area contributed by atoms with E-state index in [0.29, 0.717) is 11.6 Å². The molecule has 1 atom stereocenters. The van der Waals surface area contributed by atoms with Gasteiger partial charge >= 0.3 is 0 Å². The van der Waals surface area contributed by atoms with E-state index in [-0.39, 0.29) is 11.8 Å². The Hall–Kier alpha value is -2.04. The molecule has 1 saturated carbocycles. The van der Waals surface area contributed by atoms with E-state index in [1.807, 2.05) is 12.1 Å². The van der Waals surface area contributed by atoms with E-state index in [9.17, 15) is 9.59 Å². The van der Waals surface area contributed by atoms with Gasteiger partial charge in [-0.1, -0.05) is 0 Å². The minimum absolute atomic E-state index is 0.108. The zero-order chi connectivity index (χ0) is 14.1. The number of fused-ring (bicyclic) bond motifs is 1. The van der Waals surface area contributed by atoms with E-state index in [1.54, 1.807) is 13.0 Å². The van der Waals surface area contributed by atoms with E-state index in [2.05, 4.69) is 16.0 Å². The average Bonchev–Trinajstić information content (AvgIpc) is 3.12. The highest BCUT2D eigenvalue weighted by atomic mass is 16.2. The minimum Gasteiger partial charge on any atom is -0.384 e. The highest BCUT2D eigenvalue weighted by Crippen LogP contribution is 2.23. The summed E-state index contributed by atoms with van der Waals surface area (Å²) in [5.41, 5.74) is 2.87. The zero-order valence-corrected chi connectivity index (χ0v) is 11.5. The Kier molecular flexibility index (Phi) is 3.34. The normalized spacial score (nSPS) is 17.9. The Morgan fingerprint density at radius 2 is 2.15 bits per heavy atom. The molecule has 1 aliphatic heterocycles. The number of hydrogen-bond acceptors (Lipinski definition) is 3. The number of hydrogen-bond donors (Lipinski definition) is 3. The molecule has 1 aliphatic carbocycles. The van der Waals surface area contributed by atoms with E-state index >= 15 is 0 Å². The number of amides is 2. The van der Waals surface area contributed by atoms with Crippen molar-refractivity contribution in [2.24, 2.45) is 0 Å². The Morgan fingerprint density at radius 3 is 2.90 bits per heavy atom. The zero-order valence-electron chi connectivity index (χ0n) is 11.5. The highest BCUT2D eigenvalue weighted by Gasteiger charge is 2.26. The molecule has 106 valence electrons. The maximum atomic E-state index is 12.1. The molecule has 1 fully saturated rings. The van der Waals surface area contributed by atoms with Crippen LogP contribution in [0.15, 0.2) is 18.2 Å². The quantitative estimate of drug-likeness (QED) is 0.768. The van der Waals surface area contributed by atoms with Crippen molar-refractivity contribution in [3.8, 4) is 0 Å². The molecule has 3 rings (SSSR count). The van der Waals surface area contributed by atoms with Gasteiger partial charge in [-0.25, -0.2) is 0 Å². The lowest BCUT2D eigenvalue weighted by atomic mass is 10.1. The third-order valence-corrected chi connectivity index (χ3v) is 3.74. The van der Waals surface area contributed by atoms with E-state index in [4.69, 9.17) is 0 Å². The van der Waals surface area contributed by atoms with Crippen molar-refractivity contribution in [1.82, 2.24) is 10.6 Å². The molecular weight excluding hydrogens is 254 g/mol. The topological polar surface area (TPSA) is 70.2 Å². The van der Waals surface area contributed by atoms with Crippen molar-refractivity contribution >= 4 is 17.5 Å². The van der Waals surface area contributed by atoms with Gasteiger partial charge in [-0.05, 0) is 49.9 Å². The molecule has 1 heterocycles. The van der Waals surface area contributed by atoms with Crippen molar-refractivity contribution in [2.75, 3.05) is 11.9 Å². The number of carbonyl (C=O) groups excluding carboxylic acids is 2. The van der Waals surface area contributed by atoms with Gasteiger partial charge in [0.25, 0.3) is 5.91 Å². The summed E-state index contributed by atoms with van der Waals surface area (Å²) in [5, 5.41) is 8.90. The van der Waals surface area contributed by atoms with Crippen LogP contribution in [0.1, 0.15) is 35.7 Å². The summed E-state index contributed by atoms with van der Waals surface area (Å²) in [6.45, 7) is 2.63. The van der Waals surface area contributed by atoms with Gasteiger partial charge in [0.05, 0.1) is 0 Å². The third kappa shape index (κ3) is 2.76. The average molecular weight is 273 g/mol. The van der Waals surface area contributed by atoms with Gasteiger partial charge in [0.1, 0.15) is 6.04 Å². The minimum atomic E-state index is -0.505. The maximum Gasteiger partial charge on any atom is 0.251 e. The van der Waals surface area contributed by atoms with Crippen molar-refractivity contribution in [1.29, 1.82) is 0 Å². The molecule has 2 amide bonds. The van der Waals surface area contributed by atoms with Crippen LogP contribution in [0.5, 0.6) is 0 Å². The summed E-state index contributed by atoms with van der Waals surface area (Å²) in [6.07, 6.45) is 3.03. The molecule has 2 aliphatic rings. The van der Waals surface area contributed by atoms with Crippen molar-refractivity contribution in [3.63, 3.8) is 0 Å². The molecule has 0 radical (unpaired) electrons. The number of rotatable bonds is 4. The molecule has 1 unspecified atom stereocenters. The van der Waals surface area contributed by atoms with Crippen LogP contribution in [0.3, 0.4) is 0 Å². The molecule has 3 N–H and O–H groups in total. The Labute approximate surface area is 118 Å². The van der Waals surface area contributed by atoms with Gasteiger partial charge in [-0.3, -0.25) is 9.59 Å². The second kappa shape index (κ2) is 5.15. The lowest BCUT2D eigenvalue weighted by molar-refractivity contribution is -0.122. The van der Waals surface area contributed by atoms with Crippen molar-refractivity contribution in [2.45, 2.75) is 38.3 Å². The molecule has 0 spiro atoms. The first-order chi connectivity index (χ1) is 9.63. The smallest absolute Gasteiger partial charge is 0.251 e. The van der Waals surface area contributed by atoms with Crippen LogP contribution in [-0.2, 0) is 11.2 Å². The van der Waals surface area contributed by atoms with Gasteiger partial charge in [-0.2, -0.15) is 0 Å². The molecule has 5 heteroatoms. The third-order valence-electron chi connectivity index (χ3n) is 3.74. The molecular formula is C15H19N3O2. The summed E-state index contributed by atoms with van der Waals surface area (Å²) in [6, 6.07) is 5.42. The second-order valence-corrected chi connectivity index (χ2v) is 5.53. The second-order valence-electron chi connectivity index (χ2n) is 5.53. The Bertz CT molecular complexity index is 552. The lowest BCUT2D eigenvalue weighted by Crippen LogP contribution is -2.45. The van der Waals surface area contributed by atoms with E-state index in [1.165, 1.54) is 0 Å². The van der Waals surface area contributed by atoms with Crippen LogP contribution in [0, 0.1) is 0 Å². The fourth-order valence-corrected chi connectivity index (χ4v) is 2.35. The first-order valence-electron chi connectivity index (χ1n) is 7.11. The van der Waals surface area contributed by atoms with Crippen LogP contribution in [0.4, 0.5) is 5.69 Å². The number of nitrogens with one attached hydrogen (secondary N) is 3. The summed E-state index contributed by atoms with van der Waals surface area (Å²) >= 11 is 0. The highest BCUT2D eigenvalue weighted by molar-refractivity contribution is 5.98. The molecule has 0 saturated heterocycles. The van der Waals surface area contributed by atoms with Gasteiger partial charge in [0.2, 0.25) is 5.91 Å². The lowest BCUT2D eigenvalue weighted by Gasteiger charge is -2.14. The largest absolute Gasteiger partial charge is 0.384 e. The van der Waals surface area contributed by atoms with E-state index in [0.717, 1.165) is 37.1 Å². The van der Waals surface area contributed by atoms with Crippen LogP contribution in [0.2, 0.25) is 0 Å². The molecule has 0 bridgehead atoms. The first kappa shape index (κ1) is 13.0. The fourth-order valence-electron chi connectivity index (χ4n) is 2.35. The Morgan fingerprint density at radius 1 is 1.35 bits per heavy atom. The van der Waals surface area contributed by atoms with Crippen LogP contribution in [-0.4, -0.2) is 30.4 Å². The van der Waals surface area contributed by atoms with Gasteiger partial charge in [0, 0.05) is 23.8 Å². The predicted octanol–water partition coefficient (Wildman–Crippen LogP) is 1.05. The van der Waals surface area contributed by atoms with Gasteiger partial charge in [-0.15, -0.1) is 0 Å². The standard InChI is InChI=1S/C15H19N3O2/c1-9(14(19)18-12-3-4-12)17-15(20)11-2-5-13-10(8-11)6-7-16-13/h2,5,8-9,12,16H,3-4,6-7H2,1H3,(H,17,20)(H,18,19). The predicted molar refractivity (Wildman–Crippen MR) is 76.7 cm³/mol. The van der Waals surface area contributed by atoms with E-state index < -0.39 is 6.04 Å². The van der Waals surface area contributed by atoms with Crippen LogP contribution in [0.25, 0.3) is 0 Å². The van der Waals surface area contributed by atoms with Crippen molar-refractivity contribution < 1.29 is 9.59 Å². The summed E-state index contributed by atoms with van der Waals surface area (Å²) in [7, 11) is 0. The van der Waals surface area contributed by atoms with Crippen molar-refractivity contribution in [3.05, 3.63) is 29.3 Å². The summed E-state index contributed by atoms with van der Waals surface area (Å²) < 4.78 is 0. The summed E-state index contributed by atoms with van der Waals surface area (Å²) in [4.78, 5) is 24.0. The molecule has 1 aromatic carbocycles. The number of benzene rings is 1. The first-order valence-corrected chi connectivity index (χ1v) is 7.11. The molecule has 0 aromatic heterocycles. The van der Waals surface area contributed by atoms with Crippen LogP contribution < -0.4 is 16.0 Å². The van der Waals surface area contributed by atoms with Gasteiger partial charge < -0.3 is 16.0 Å². The SMILES string of the molecule is CC(NC(=O)c1ccc2c(c1)CCN2)C(=O)NC1CC1.